The number of carbonyl (C=O) groups is 3. The van der Waals surface area contributed by atoms with Crippen molar-refractivity contribution in [3.05, 3.63) is 59.2 Å². The van der Waals surface area contributed by atoms with Crippen molar-refractivity contribution in [3.63, 3.8) is 0 Å². The van der Waals surface area contributed by atoms with Gasteiger partial charge in [0.05, 0.1) is 5.56 Å². The van der Waals surface area contributed by atoms with Crippen LogP contribution in [0.25, 0.3) is 0 Å². The Hall–Kier alpha value is -3.55. The van der Waals surface area contributed by atoms with Crippen molar-refractivity contribution in [1.82, 2.24) is 15.1 Å². The molecule has 8 heteroatoms. The van der Waals surface area contributed by atoms with E-state index in [2.05, 4.69) is 15.5 Å². The zero-order chi connectivity index (χ0) is 27.2. The molecule has 2 N–H and O–H groups in total. The third-order valence-electron chi connectivity index (χ3n) is 6.45. The molecule has 1 saturated heterocycles. The van der Waals surface area contributed by atoms with Gasteiger partial charge in [0, 0.05) is 61.7 Å². The van der Waals surface area contributed by atoms with E-state index in [9.17, 15) is 14.4 Å². The molecule has 1 fully saturated rings. The van der Waals surface area contributed by atoms with E-state index in [1.165, 1.54) is 0 Å². The van der Waals surface area contributed by atoms with Gasteiger partial charge in [-0.2, -0.15) is 0 Å². The number of rotatable bonds is 6. The van der Waals surface area contributed by atoms with Gasteiger partial charge in [0.1, 0.15) is 0 Å². The Morgan fingerprint density at radius 2 is 1.59 bits per heavy atom. The summed E-state index contributed by atoms with van der Waals surface area (Å²) in [6.45, 7) is 15.6. The van der Waals surface area contributed by atoms with Gasteiger partial charge in [-0.15, -0.1) is 0 Å². The lowest BCUT2D eigenvalue weighted by molar-refractivity contribution is 0.0773. The highest BCUT2D eigenvalue weighted by molar-refractivity contribution is 6.06. The van der Waals surface area contributed by atoms with Crippen molar-refractivity contribution in [3.8, 4) is 0 Å². The van der Waals surface area contributed by atoms with Crippen molar-refractivity contribution in [2.45, 2.75) is 53.5 Å². The van der Waals surface area contributed by atoms with E-state index in [0.29, 0.717) is 49.5 Å². The molecule has 1 aliphatic heterocycles. The highest BCUT2D eigenvalue weighted by Gasteiger charge is 2.26. The predicted octanol–water partition coefficient (Wildman–Crippen LogP) is 4.75. The largest absolute Gasteiger partial charge is 0.369 e. The summed E-state index contributed by atoms with van der Waals surface area (Å²) in [6, 6.07) is 12.8. The van der Waals surface area contributed by atoms with Gasteiger partial charge >= 0.3 is 6.03 Å². The van der Waals surface area contributed by atoms with Gasteiger partial charge in [-0.3, -0.25) is 9.59 Å². The predicted molar refractivity (Wildman–Crippen MR) is 150 cm³/mol. The van der Waals surface area contributed by atoms with Crippen LogP contribution in [0.3, 0.4) is 0 Å². The van der Waals surface area contributed by atoms with Gasteiger partial charge < -0.3 is 25.3 Å². The quantitative estimate of drug-likeness (QED) is 0.591. The summed E-state index contributed by atoms with van der Waals surface area (Å²) < 4.78 is 0. The molecule has 0 bridgehead atoms. The minimum absolute atomic E-state index is 0.0667. The van der Waals surface area contributed by atoms with E-state index in [1.807, 2.05) is 70.7 Å². The summed E-state index contributed by atoms with van der Waals surface area (Å²) in [7, 11) is 0. The van der Waals surface area contributed by atoms with Crippen LogP contribution in [0.2, 0.25) is 0 Å². The molecule has 0 spiro atoms. The fourth-order valence-corrected chi connectivity index (χ4v) is 4.41. The molecule has 2 aromatic carbocycles. The first-order chi connectivity index (χ1) is 17.5. The van der Waals surface area contributed by atoms with E-state index >= 15 is 0 Å². The third-order valence-corrected chi connectivity index (χ3v) is 6.45. The van der Waals surface area contributed by atoms with Crippen LogP contribution in [-0.4, -0.2) is 72.5 Å². The molecular formula is C29H41N5O3. The molecule has 37 heavy (non-hydrogen) atoms. The maximum Gasteiger partial charge on any atom is 0.317 e. The second kappa shape index (κ2) is 12.1. The molecule has 0 saturated carbocycles. The smallest absolute Gasteiger partial charge is 0.317 e. The number of amides is 4. The Morgan fingerprint density at radius 1 is 0.919 bits per heavy atom. The van der Waals surface area contributed by atoms with Crippen LogP contribution in [0.5, 0.6) is 0 Å². The van der Waals surface area contributed by atoms with Gasteiger partial charge in [-0.05, 0) is 78.3 Å². The summed E-state index contributed by atoms with van der Waals surface area (Å²) in [5, 5.41) is 5.99. The van der Waals surface area contributed by atoms with Crippen molar-refractivity contribution >= 4 is 29.2 Å². The number of urea groups is 1. The summed E-state index contributed by atoms with van der Waals surface area (Å²) >= 11 is 0. The molecule has 0 atom stereocenters. The molecule has 0 unspecified atom stereocenters. The molecule has 0 aliphatic carbocycles. The lowest BCUT2D eigenvalue weighted by atomic mass is 10.1. The first-order valence-corrected chi connectivity index (χ1v) is 13.2. The topological polar surface area (TPSA) is 85.0 Å². The summed E-state index contributed by atoms with van der Waals surface area (Å²) in [5.41, 5.74) is 3.30. The third kappa shape index (κ3) is 7.47. The molecular weight excluding hydrogens is 466 g/mol. The molecule has 200 valence electrons. The number of carbonyl (C=O) groups excluding carboxylic acids is 3. The highest BCUT2D eigenvalue weighted by atomic mass is 16.2. The van der Waals surface area contributed by atoms with Crippen LogP contribution in [-0.2, 0) is 0 Å². The molecule has 8 nitrogen and oxygen atoms in total. The maximum atomic E-state index is 13.5. The fourth-order valence-electron chi connectivity index (χ4n) is 4.41. The van der Waals surface area contributed by atoms with Crippen LogP contribution < -0.4 is 15.5 Å². The van der Waals surface area contributed by atoms with Gasteiger partial charge in [-0.25, -0.2) is 4.79 Å². The molecule has 1 heterocycles. The van der Waals surface area contributed by atoms with Gasteiger partial charge in [0.15, 0.2) is 0 Å². The fraction of sp³-hybridized carbons (Fsp3) is 0.483. The number of anilines is 2. The summed E-state index contributed by atoms with van der Waals surface area (Å²) in [5.74, 6) is -0.290. The average molecular weight is 508 g/mol. The second-order valence-electron chi connectivity index (χ2n) is 10.5. The van der Waals surface area contributed by atoms with Crippen molar-refractivity contribution < 1.29 is 14.4 Å². The number of hydrogen-bond donors (Lipinski definition) is 2. The van der Waals surface area contributed by atoms with Crippen LogP contribution in [0.15, 0.2) is 42.5 Å². The minimum Gasteiger partial charge on any atom is -0.369 e. The van der Waals surface area contributed by atoms with E-state index < -0.39 is 0 Å². The van der Waals surface area contributed by atoms with Gasteiger partial charge in [0.25, 0.3) is 11.8 Å². The number of nitrogens with one attached hydrogen (secondary N) is 2. The van der Waals surface area contributed by atoms with Crippen LogP contribution >= 0.6 is 0 Å². The average Bonchev–Trinajstić information content (AvgIpc) is 3.10. The Morgan fingerprint density at radius 3 is 2.22 bits per heavy atom. The van der Waals surface area contributed by atoms with Crippen molar-refractivity contribution in [1.29, 1.82) is 0 Å². The van der Waals surface area contributed by atoms with E-state index in [0.717, 1.165) is 24.2 Å². The van der Waals surface area contributed by atoms with E-state index in [4.69, 9.17) is 0 Å². The monoisotopic (exact) mass is 507 g/mol. The summed E-state index contributed by atoms with van der Waals surface area (Å²) in [6.07, 6.45) is 0.794. The first kappa shape index (κ1) is 28.0. The molecule has 0 radical (unpaired) electrons. The lowest BCUT2D eigenvalue weighted by Gasteiger charge is -2.29. The SMILES string of the molecule is CCN(CC)C(=O)c1cc(NC(=O)c2ccc(C)cc2)ccc1N1CCCN(C(=O)NC(C)(C)C)CC1. The number of nitrogens with zero attached hydrogens (tertiary/aromatic N) is 3. The molecule has 1 aliphatic rings. The zero-order valence-electron chi connectivity index (χ0n) is 23.1. The zero-order valence-corrected chi connectivity index (χ0v) is 23.1. The van der Waals surface area contributed by atoms with Crippen LogP contribution in [0, 0.1) is 6.92 Å². The molecule has 0 aromatic heterocycles. The number of benzene rings is 2. The van der Waals surface area contributed by atoms with Crippen LogP contribution in [0.4, 0.5) is 16.2 Å². The summed E-state index contributed by atoms with van der Waals surface area (Å²) in [4.78, 5) is 44.9. The van der Waals surface area contributed by atoms with E-state index in [1.54, 1.807) is 23.1 Å². The molecule has 3 rings (SSSR count). The number of hydrogen-bond acceptors (Lipinski definition) is 4. The van der Waals surface area contributed by atoms with Gasteiger partial charge in [-0.1, -0.05) is 17.7 Å². The first-order valence-electron chi connectivity index (χ1n) is 13.2. The van der Waals surface area contributed by atoms with Crippen molar-refractivity contribution in [2.75, 3.05) is 49.5 Å². The lowest BCUT2D eigenvalue weighted by Crippen LogP contribution is -2.49. The molecule has 2 aromatic rings. The Balaban J connectivity index is 1.86. The van der Waals surface area contributed by atoms with Crippen molar-refractivity contribution in [2.24, 2.45) is 0 Å². The maximum absolute atomic E-state index is 13.5. The Labute approximate surface area is 221 Å². The molecule has 4 amide bonds. The minimum atomic E-state index is -0.300. The highest BCUT2D eigenvalue weighted by Crippen LogP contribution is 2.27. The van der Waals surface area contributed by atoms with Gasteiger partial charge in [0.2, 0.25) is 0 Å². The Kier molecular flexibility index (Phi) is 9.18. The normalized spacial score (nSPS) is 14.1. The standard InChI is InChI=1S/C29H41N5O3/c1-7-32(8-2)27(36)24-20-23(30-26(35)22-12-10-21(3)11-13-22)14-15-25(24)33-16-9-17-34(19-18-33)28(37)31-29(4,5)6/h10-15,20H,7-9,16-19H2,1-6H3,(H,30,35)(H,31,37). The second-order valence-corrected chi connectivity index (χ2v) is 10.5. The van der Waals surface area contributed by atoms with Crippen LogP contribution in [0.1, 0.15) is 67.3 Å². The Bertz CT molecular complexity index is 1100. The number of aryl methyl sites for hydroxylation is 1. The van der Waals surface area contributed by atoms with E-state index in [-0.39, 0.29) is 23.4 Å².